The van der Waals surface area contributed by atoms with E-state index in [2.05, 4.69) is 5.32 Å². The fraction of sp³-hybridized carbons (Fsp3) is 0.143. The van der Waals surface area contributed by atoms with Crippen molar-refractivity contribution >= 4 is 28.3 Å². The lowest BCUT2D eigenvalue weighted by molar-refractivity contribution is -0.137. The zero-order valence-electron chi connectivity index (χ0n) is 14.2. The van der Waals surface area contributed by atoms with Crippen molar-refractivity contribution in [1.82, 2.24) is 0 Å². The molecule has 0 saturated carbocycles. The summed E-state index contributed by atoms with van der Waals surface area (Å²) < 4.78 is 5.38. The minimum absolute atomic E-state index is 0.246. The standard InChI is InChI=1S/C21H19NO3/c1-14(2)21(24)25-19-13-6-5-12-18(19)22-20(23)17-11-7-9-15-8-3-4-10-16(15)17/h3-14H,1-2H3,(H,22,23). The summed E-state index contributed by atoms with van der Waals surface area (Å²) in [4.78, 5) is 24.6. The number of rotatable bonds is 4. The van der Waals surface area contributed by atoms with Crippen molar-refractivity contribution in [3.05, 3.63) is 72.3 Å². The molecular weight excluding hydrogens is 314 g/mol. The Bertz CT molecular complexity index is 926. The quantitative estimate of drug-likeness (QED) is 0.558. The Balaban J connectivity index is 1.90. The predicted octanol–water partition coefficient (Wildman–Crippen LogP) is 4.65. The van der Waals surface area contributed by atoms with Gasteiger partial charge in [0.05, 0.1) is 11.6 Å². The molecule has 0 atom stereocenters. The molecule has 4 nitrogen and oxygen atoms in total. The van der Waals surface area contributed by atoms with Crippen molar-refractivity contribution in [2.45, 2.75) is 13.8 Å². The Kier molecular flexibility index (Phi) is 4.80. The van der Waals surface area contributed by atoms with E-state index < -0.39 is 0 Å². The van der Waals surface area contributed by atoms with Gasteiger partial charge in [-0.25, -0.2) is 0 Å². The maximum absolute atomic E-state index is 12.7. The van der Waals surface area contributed by atoms with Crippen LogP contribution in [0.1, 0.15) is 24.2 Å². The van der Waals surface area contributed by atoms with Crippen LogP contribution in [0.25, 0.3) is 10.8 Å². The molecule has 0 radical (unpaired) electrons. The average Bonchev–Trinajstić information content (AvgIpc) is 2.62. The predicted molar refractivity (Wildman–Crippen MR) is 98.8 cm³/mol. The van der Waals surface area contributed by atoms with Crippen LogP contribution in [-0.4, -0.2) is 11.9 Å². The number of hydrogen-bond acceptors (Lipinski definition) is 3. The van der Waals surface area contributed by atoms with E-state index in [1.807, 2.05) is 36.4 Å². The first-order chi connectivity index (χ1) is 12.1. The monoisotopic (exact) mass is 333 g/mol. The van der Waals surface area contributed by atoms with Crippen LogP contribution in [0.5, 0.6) is 5.75 Å². The molecule has 0 aliphatic heterocycles. The number of amides is 1. The van der Waals surface area contributed by atoms with E-state index in [0.29, 0.717) is 17.0 Å². The number of anilines is 1. The van der Waals surface area contributed by atoms with Crippen LogP contribution in [0.15, 0.2) is 66.7 Å². The van der Waals surface area contributed by atoms with E-state index in [1.54, 1.807) is 44.2 Å². The molecule has 0 saturated heterocycles. The molecule has 0 aliphatic carbocycles. The second kappa shape index (κ2) is 7.18. The molecular formula is C21H19NO3. The van der Waals surface area contributed by atoms with E-state index in [9.17, 15) is 9.59 Å². The van der Waals surface area contributed by atoms with Gasteiger partial charge in [0.2, 0.25) is 0 Å². The second-order valence-electron chi connectivity index (χ2n) is 6.05. The highest BCUT2D eigenvalue weighted by Gasteiger charge is 2.15. The molecule has 1 N–H and O–H groups in total. The smallest absolute Gasteiger partial charge is 0.313 e. The first-order valence-corrected chi connectivity index (χ1v) is 8.16. The third-order valence-corrected chi connectivity index (χ3v) is 3.85. The van der Waals surface area contributed by atoms with Gasteiger partial charge in [0.15, 0.2) is 5.75 Å². The minimum atomic E-state index is -0.341. The van der Waals surface area contributed by atoms with Gasteiger partial charge >= 0.3 is 5.97 Å². The average molecular weight is 333 g/mol. The van der Waals surface area contributed by atoms with Gasteiger partial charge in [-0.05, 0) is 29.0 Å². The summed E-state index contributed by atoms with van der Waals surface area (Å²) in [6, 6.07) is 20.2. The molecule has 3 rings (SSSR count). The SMILES string of the molecule is CC(C)C(=O)Oc1ccccc1NC(=O)c1cccc2ccccc12. The Labute approximate surface area is 146 Å². The number of carbonyl (C=O) groups excluding carboxylic acids is 2. The fourth-order valence-corrected chi connectivity index (χ4v) is 2.50. The molecule has 0 aromatic heterocycles. The van der Waals surface area contributed by atoms with Gasteiger partial charge in [-0.15, -0.1) is 0 Å². The van der Waals surface area contributed by atoms with Gasteiger partial charge < -0.3 is 10.1 Å². The molecule has 25 heavy (non-hydrogen) atoms. The summed E-state index contributed by atoms with van der Waals surface area (Å²) in [6.45, 7) is 3.53. The summed E-state index contributed by atoms with van der Waals surface area (Å²) in [5, 5.41) is 4.72. The number of ether oxygens (including phenoxy) is 1. The highest BCUT2D eigenvalue weighted by molar-refractivity contribution is 6.13. The van der Waals surface area contributed by atoms with Gasteiger partial charge in [-0.3, -0.25) is 9.59 Å². The highest BCUT2D eigenvalue weighted by Crippen LogP contribution is 2.26. The molecule has 0 spiro atoms. The number of para-hydroxylation sites is 2. The molecule has 0 fully saturated rings. The van der Waals surface area contributed by atoms with E-state index in [0.717, 1.165) is 10.8 Å². The molecule has 4 heteroatoms. The first kappa shape index (κ1) is 16.7. The van der Waals surface area contributed by atoms with Crippen molar-refractivity contribution < 1.29 is 14.3 Å². The molecule has 3 aromatic carbocycles. The molecule has 0 unspecified atom stereocenters. The van der Waals surface area contributed by atoms with Gasteiger partial charge in [0.25, 0.3) is 5.91 Å². The van der Waals surface area contributed by atoms with Gasteiger partial charge in [-0.1, -0.05) is 62.4 Å². The van der Waals surface area contributed by atoms with Crippen LogP contribution >= 0.6 is 0 Å². The Morgan fingerprint density at radius 2 is 1.56 bits per heavy atom. The first-order valence-electron chi connectivity index (χ1n) is 8.16. The number of carbonyl (C=O) groups is 2. The van der Waals surface area contributed by atoms with E-state index in [4.69, 9.17) is 4.74 Å². The van der Waals surface area contributed by atoms with E-state index >= 15 is 0 Å². The summed E-state index contributed by atoms with van der Waals surface area (Å²) in [7, 11) is 0. The number of nitrogens with one attached hydrogen (secondary N) is 1. The summed E-state index contributed by atoms with van der Waals surface area (Å²) in [5.74, 6) is -0.492. The molecule has 3 aromatic rings. The van der Waals surface area contributed by atoms with Gasteiger partial charge in [-0.2, -0.15) is 0 Å². The normalized spacial score (nSPS) is 10.7. The van der Waals surface area contributed by atoms with Crippen molar-refractivity contribution in [1.29, 1.82) is 0 Å². The maximum atomic E-state index is 12.7. The zero-order valence-corrected chi connectivity index (χ0v) is 14.2. The maximum Gasteiger partial charge on any atom is 0.313 e. The summed E-state index contributed by atoms with van der Waals surface area (Å²) in [6.07, 6.45) is 0. The Morgan fingerprint density at radius 3 is 2.36 bits per heavy atom. The van der Waals surface area contributed by atoms with Crippen molar-refractivity contribution in [3.63, 3.8) is 0 Å². The van der Waals surface area contributed by atoms with Crippen LogP contribution in [-0.2, 0) is 4.79 Å². The van der Waals surface area contributed by atoms with Crippen molar-refractivity contribution in [2.75, 3.05) is 5.32 Å². The van der Waals surface area contributed by atoms with Crippen LogP contribution in [0.3, 0.4) is 0 Å². The second-order valence-corrected chi connectivity index (χ2v) is 6.05. The molecule has 0 aliphatic rings. The Morgan fingerprint density at radius 1 is 0.880 bits per heavy atom. The highest BCUT2D eigenvalue weighted by atomic mass is 16.5. The largest absolute Gasteiger partial charge is 0.424 e. The third kappa shape index (κ3) is 3.69. The number of fused-ring (bicyclic) bond motifs is 1. The Hall–Kier alpha value is -3.14. The minimum Gasteiger partial charge on any atom is -0.424 e. The third-order valence-electron chi connectivity index (χ3n) is 3.85. The zero-order chi connectivity index (χ0) is 17.8. The lowest BCUT2D eigenvalue weighted by Gasteiger charge is -2.13. The van der Waals surface area contributed by atoms with Crippen LogP contribution in [0, 0.1) is 5.92 Å². The van der Waals surface area contributed by atoms with Crippen LogP contribution in [0.2, 0.25) is 0 Å². The van der Waals surface area contributed by atoms with E-state index in [1.165, 1.54) is 0 Å². The van der Waals surface area contributed by atoms with E-state index in [-0.39, 0.29) is 17.8 Å². The number of esters is 1. The summed E-state index contributed by atoms with van der Waals surface area (Å²) >= 11 is 0. The molecule has 1 amide bonds. The summed E-state index contributed by atoms with van der Waals surface area (Å²) in [5.41, 5.74) is 1.04. The van der Waals surface area contributed by atoms with Gasteiger partial charge in [0, 0.05) is 5.56 Å². The lowest BCUT2D eigenvalue weighted by atomic mass is 10.0. The van der Waals surface area contributed by atoms with Crippen LogP contribution < -0.4 is 10.1 Å². The fourth-order valence-electron chi connectivity index (χ4n) is 2.50. The topological polar surface area (TPSA) is 55.4 Å². The molecule has 0 heterocycles. The lowest BCUT2D eigenvalue weighted by Crippen LogP contribution is -2.17. The number of hydrogen-bond donors (Lipinski definition) is 1. The molecule has 0 bridgehead atoms. The molecule has 126 valence electrons. The van der Waals surface area contributed by atoms with Crippen LogP contribution in [0.4, 0.5) is 5.69 Å². The van der Waals surface area contributed by atoms with Gasteiger partial charge in [0.1, 0.15) is 0 Å². The van der Waals surface area contributed by atoms with Crippen molar-refractivity contribution in [3.8, 4) is 5.75 Å². The number of benzene rings is 3. The van der Waals surface area contributed by atoms with Crippen molar-refractivity contribution in [2.24, 2.45) is 5.92 Å².